The number of halogens is 6. The summed E-state index contributed by atoms with van der Waals surface area (Å²) >= 11 is 6.42. The van der Waals surface area contributed by atoms with E-state index < -0.39 is 66.0 Å². The van der Waals surface area contributed by atoms with Crippen molar-refractivity contribution in [3.63, 3.8) is 0 Å². The van der Waals surface area contributed by atoms with Crippen LogP contribution >= 0.6 is 11.6 Å². The van der Waals surface area contributed by atoms with E-state index in [9.17, 15) is 31.5 Å². The quantitative estimate of drug-likeness (QED) is 0.163. The number of benzene rings is 2. The molecule has 3 heterocycles. The van der Waals surface area contributed by atoms with Gasteiger partial charge in [0.2, 0.25) is 11.8 Å². The summed E-state index contributed by atoms with van der Waals surface area (Å²) in [7, 11) is 0. The molecule has 6 rings (SSSR count). The molecule has 18 heteroatoms. The molecule has 278 valence electrons. The van der Waals surface area contributed by atoms with E-state index in [1.807, 2.05) is 32.9 Å². The second-order valence-corrected chi connectivity index (χ2v) is 14.8. The maximum absolute atomic E-state index is 14.9. The Hall–Kier alpha value is -4.48. The maximum Gasteiger partial charge on any atom is 0.400 e. The van der Waals surface area contributed by atoms with Gasteiger partial charge in [-0.1, -0.05) is 62.7 Å². The summed E-state index contributed by atoms with van der Waals surface area (Å²) in [6.07, 6.45) is -4.17. The van der Waals surface area contributed by atoms with E-state index in [1.165, 1.54) is 23.1 Å². The van der Waals surface area contributed by atoms with Gasteiger partial charge in [-0.2, -0.15) is 33.3 Å². The lowest BCUT2D eigenvalue weighted by molar-refractivity contribution is -0.179. The van der Waals surface area contributed by atoms with Crippen molar-refractivity contribution in [2.75, 3.05) is 6.54 Å². The first-order valence-electron chi connectivity index (χ1n) is 16.6. The fraction of sp³-hybridized carbons (Fsp3) is 0.471. The highest BCUT2D eigenvalue weighted by Gasteiger charge is 2.55. The van der Waals surface area contributed by atoms with Gasteiger partial charge in [0.25, 0.3) is 6.43 Å². The SMILES string of the molecule is C[C@@H](C(=O)NC[C@H](c1ccc(Cl)c(-n2ncnc2C(F)F)c1)N1C(=O)[C@@](CC(C)(C)C)(c2ccc(-c3cnn(C4CC4)n3)cc2)NC1N)C(F)(F)F. The zero-order chi connectivity index (χ0) is 37.7. The molecule has 0 bridgehead atoms. The summed E-state index contributed by atoms with van der Waals surface area (Å²) in [4.78, 5) is 34.2. The molecule has 4 aromatic rings. The molecular weight excluding hydrogens is 711 g/mol. The minimum Gasteiger partial charge on any atom is -0.353 e. The zero-order valence-electron chi connectivity index (χ0n) is 28.7. The van der Waals surface area contributed by atoms with Gasteiger partial charge in [0.15, 0.2) is 5.82 Å². The van der Waals surface area contributed by atoms with Gasteiger partial charge in [-0.15, -0.1) is 0 Å². The average Bonchev–Trinajstić information content (AvgIpc) is 3.49. The molecule has 1 aliphatic carbocycles. The second-order valence-electron chi connectivity index (χ2n) is 14.4. The van der Waals surface area contributed by atoms with Crippen molar-refractivity contribution in [2.24, 2.45) is 17.1 Å². The molecule has 1 unspecified atom stereocenters. The zero-order valence-corrected chi connectivity index (χ0v) is 29.5. The molecule has 1 saturated heterocycles. The van der Waals surface area contributed by atoms with E-state index in [0.29, 0.717) is 17.3 Å². The van der Waals surface area contributed by atoms with E-state index in [2.05, 4.69) is 30.9 Å². The van der Waals surface area contributed by atoms with Gasteiger partial charge in [-0.3, -0.25) is 20.6 Å². The third-order valence-electron chi connectivity index (χ3n) is 9.19. The van der Waals surface area contributed by atoms with E-state index >= 15 is 0 Å². The van der Waals surface area contributed by atoms with Crippen LogP contribution < -0.4 is 16.4 Å². The Morgan fingerprint density at radius 1 is 1.12 bits per heavy atom. The maximum atomic E-state index is 14.9. The van der Waals surface area contributed by atoms with Crippen LogP contribution in [0.25, 0.3) is 16.9 Å². The number of hydrogen-bond acceptors (Lipinski definition) is 8. The Morgan fingerprint density at radius 3 is 2.42 bits per heavy atom. The molecule has 2 amide bonds. The molecular formula is C34H38ClF5N10O2. The Kier molecular flexibility index (Phi) is 9.91. The van der Waals surface area contributed by atoms with Crippen molar-refractivity contribution in [3.8, 4) is 16.9 Å². The smallest absolute Gasteiger partial charge is 0.353 e. The molecule has 52 heavy (non-hydrogen) atoms. The molecule has 4 atom stereocenters. The molecule has 1 saturated carbocycles. The molecule has 0 spiro atoms. The number of carbonyl (C=O) groups excluding carboxylic acids is 2. The summed E-state index contributed by atoms with van der Waals surface area (Å²) in [6.45, 7) is 6.05. The van der Waals surface area contributed by atoms with Crippen molar-refractivity contribution >= 4 is 23.4 Å². The third kappa shape index (κ3) is 7.39. The number of amides is 2. The Morgan fingerprint density at radius 2 is 1.81 bits per heavy atom. The molecule has 2 aromatic carbocycles. The predicted molar refractivity (Wildman–Crippen MR) is 180 cm³/mol. The lowest BCUT2D eigenvalue weighted by Crippen LogP contribution is -2.50. The molecule has 2 aromatic heterocycles. The summed E-state index contributed by atoms with van der Waals surface area (Å²) in [6, 6.07) is 10.5. The van der Waals surface area contributed by atoms with E-state index in [-0.39, 0.29) is 22.7 Å². The number of alkyl halides is 5. The number of rotatable bonds is 11. The molecule has 12 nitrogen and oxygen atoms in total. The number of nitrogens with one attached hydrogen (secondary N) is 2. The Bertz CT molecular complexity index is 1940. The second kappa shape index (κ2) is 13.8. The van der Waals surface area contributed by atoms with Crippen molar-refractivity contribution in [1.82, 2.24) is 45.3 Å². The first-order chi connectivity index (χ1) is 24.4. The lowest BCUT2D eigenvalue weighted by Gasteiger charge is -2.36. The van der Waals surface area contributed by atoms with Crippen LogP contribution in [0.15, 0.2) is 55.0 Å². The van der Waals surface area contributed by atoms with Crippen LogP contribution in [0.5, 0.6) is 0 Å². The average molecular weight is 749 g/mol. The predicted octanol–water partition coefficient (Wildman–Crippen LogP) is 5.81. The summed E-state index contributed by atoms with van der Waals surface area (Å²) in [5.41, 5.74) is 7.01. The van der Waals surface area contributed by atoms with E-state index in [1.54, 1.807) is 23.1 Å². The lowest BCUT2D eigenvalue weighted by atomic mass is 9.75. The van der Waals surface area contributed by atoms with Crippen molar-refractivity contribution in [2.45, 2.75) is 83.5 Å². The van der Waals surface area contributed by atoms with Crippen molar-refractivity contribution in [1.29, 1.82) is 0 Å². The number of aromatic nitrogens is 6. The van der Waals surface area contributed by atoms with Gasteiger partial charge in [0.1, 0.15) is 29.8 Å². The van der Waals surface area contributed by atoms with Gasteiger partial charge >= 0.3 is 6.18 Å². The number of nitrogens with two attached hydrogens (primary N) is 1. The minimum absolute atomic E-state index is 0.000802. The van der Waals surface area contributed by atoms with Gasteiger partial charge in [-0.05, 0) is 54.9 Å². The third-order valence-corrected chi connectivity index (χ3v) is 9.51. The normalized spacial score (nSPS) is 20.8. The molecule has 4 N–H and O–H groups in total. The highest BCUT2D eigenvalue weighted by Crippen LogP contribution is 2.43. The fourth-order valence-electron chi connectivity index (χ4n) is 6.47. The summed E-state index contributed by atoms with van der Waals surface area (Å²) < 4.78 is 68.9. The van der Waals surface area contributed by atoms with Crippen molar-refractivity contribution < 1.29 is 31.5 Å². The van der Waals surface area contributed by atoms with E-state index in [0.717, 1.165) is 36.3 Å². The van der Waals surface area contributed by atoms with Crippen LogP contribution in [0.2, 0.25) is 5.02 Å². The molecule has 1 aliphatic heterocycles. The monoisotopic (exact) mass is 748 g/mol. The fourth-order valence-corrected chi connectivity index (χ4v) is 6.67. The number of nitrogens with zero attached hydrogens (tertiary/aromatic N) is 7. The van der Waals surface area contributed by atoms with Gasteiger partial charge < -0.3 is 10.2 Å². The molecule has 2 aliphatic rings. The van der Waals surface area contributed by atoms with Gasteiger partial charge in [-0.25, -0.2) is 18.4 Å². The Labute approximate surface area is 300 Å². The summed E-state index contributed by atoms with van der Waals surface area (Å²) in [5, 5.41) is 18.4. The first-order valence-corrected chi connectivity index (χ1v) is 17.0. The van der Waals surface area contributed by atoms with Crippen LogP contribution in [-0.4, -0.2) is 65.5 Å². The number of hydrogen-bond donors (Lipinski definition) is 3. The highest BCUT2D eigenvalue weighted by molar-refractivity contribution is 6.32. The summed E-state index contributed by atoms with van der Waals surface area (Å²) in [5.74, 6) is -4.91. The highest BCUT2D eigenvalue weighted by atomic mass is 35.5. The van der Waals surface area contributed by atoms with Gasteiger partial charge in [0, 0.05) is 12.1 Å². The Balaban J connectivity index is 1.40. The molecule has 0 radical (unpaired) electrons. The van der Waals surface area contributed by atoms with E-state index in [4.69, 9.17) is 17.3 Å². The topological polar surface area (TPSA) is 149 Å². The van der Waals surface area contributed by atoms with Crippen LogP contribution in [0.4, 0.5) is 22.0 Å². The standard InChI is InChI=1S/C34H38ClF5N10O2/c1-18(34(38,39)40)29(51)42-15-26(20-7-12-23(35)25(13-20)49-28(27(36)37)43-17-45-49)48-30(52)33(46-31(48)41,16-32(2,3)4)21-8-5-19(6-9-21)24-14-44-50(47-24)22-10-11-22/h5-9,12-14,17-18,22,26-27,31,46H,10-11,15-16,41H2,1-4H3,(H,42,51)/t18-,26+,31?,33+/m0/s1. The first kappa shape index (κ1) is 37.3. The van der Waals surface area contributed by atoms with Crippen LogP contribution in [-0.2, 0) is 15.1 Å². The van der Waals surface area contributed by atoms with Crippen LogP contribution in [0.1, 0.15) is 82.4 Å². The largest absolute Gasteiger partial charge is 0.400 e. The van der Waals surface area contributed by atoms with Crippen molar-refractivity contribution in [3.05, 3.63) is 77.0 Å². The minimum atomic E-state index is -4.83. The van der Waals surface area contributed by atoms with Gasteiger partial charge in [0.05, 0.1) is 29.0 Å². The number of carbonyl (C=O) groups is 2. The van der Waals surface area contributed by atoms with Crippen LogP contribution in [0, 0.1) is 11.3 Å². The van der Waals surface area contributed by atoms with Crippen LogP contribution in [0.3, 0.4) is 0 Å². The molecule has 2 fully saturated rings.